The fourth-order valence-electron chi connectivity index (χ4n) is 2.47. The van der Waals surface area contributed by atoms with Crippen molar-refractivity contribution in [2.75, 3.05) is 17.7 Å². The molecule has 0 bridgehead atoms. The molecule has 2 amide bonds. The zero-order valence-corrected chi connectivity index (χ0v) is 13.7. The van der Waals surface area contributed by atoms with E-state index in [0.29, 0.717) is 6.42 Å². The van der Waals surface area contributed by atoms with Crippen molar-refractivity contribution in [3.63, 3.8) is 0 Å². The number of hydrogen-bond donors (Lipinski definition) is 1. The van der Waals surface area contributed by atoms with E-state index in [1.54, 1.807) is 4.90 Å². The Balaban J connectivity index is 2.19. The minimum atomic E-state index is -3.58. The molecule has 1 aromatic carbocycles. The van der Waals surface area contributed by atoms with Crippen molar-refractivity contribution in [3.05, 3.63) is 29.3 Å². The number of nitrogens with one attached hydrogen (secondary N) is 1. The fraction of sp³-hybridized carbons (Fsp3) is 0.467. The number of hydrogen-bond acceptors (Lipinski definition) is 4. The molecule has 1 saturated heterocycles. The summed E-state index contributed by atoms with van der Waals surface area (Å²) >= 11 is 0. The van der Waals surface area contributed by atoms with Gasteiger partial charge in [-0.2, -0.15) is 0 Å². The molecular weight excluding hydrogens is 304 g/mol. The van der Waals surface area contributed by atoms with E-state index in [0.717, 1.165) is 23.1 Å². The summed E-state index contributed by atoms with van der Waals surface area (Å²) in [5.74, 6) is -1.12. The third kappa shape index (κ3) is 3.85. The Hall–Kier alpha value is -1.89. The van der Waals surface area contributed by atoms with Gasteiger partial charge in [0, 0.05) is 18.7 Å². The first-order valence-corrected chi connectivity index (χ1v) is 8.96. The number of rotatable bonds is 3. The second kappa shape index (κ2) is 6.08. The minimum absolute atomic E-state index is 0.0494. The van der Waals surface area contributed by atoms with Gasteiger partial charge in [-0.3, -0.25) is 14.3 Å². The Morgan fingerprint density at radius 2 is 1.95 bits per heavy atom. The van der Waals surface area contributed by atoms with Crippen molar-refractivity contribution in [3.8, 4) is 0 Å². The normalized spacial score (nSPS) is 19.1. The van der Waals surface area contributed by atoms with Crippen LogP contribution in [0.15, 0.2) is 18.2 Å². The summed E-state index contributed by atoms with van der Waals surface area (Å²) < 4.78 is 24.3. The fourth-order valence-corrected chi connectivity index (χ4v) is 3.00. The van der Waals surface area contributed by atoms with Gasteiger partial charge < -0.3 is 4.90 Å². The molecule has 0 radical (unpaired) electrons. The van der Waals surface area contributed by atoms with Crippen molar-refractivity contribution in [1.29, 1.82) is 0 Å². The molecule has 0 spiro atoms. The molecule has 0 aliphatic carbocycles. The molecule has 0 saturated carbocycles. The first kappa shape index (κ1) is 16.5. The lowest BCUT2D eigenvalue weighted by Gasteiger charge is -2.32. The molecule has 1 heterocycles. The van der Waals surface area contributed by atoms with Crippen molar-refractivity contribution in [2.24, 2.45) is 5.92 Å². The van der Waals surface area contributed by atoms with Crippen molar-refractivity contribution >= 4 is 27.5 Å². The summed E-state index contributed by atoms with van der Waals surface area (Å²) in [5.41, 5.74) is 2.93. The van der Waals surface area contributed by atoms with Crippen LogP contribution in [0.4, 0.5) is 5.69 Å². The van der Waals surface area contributed by atoms with E-state index in [2.05, 4.69) is 0 Å². The summed E-state index contributed by atoms with van der Waals surface area (Å²) in [6.45, 7) is 4.14. The Morgan fingerprint density at radius 1 is 1.27 bits per heavy atom. The van der Waals surface area contributed by atoms with Crippen LogP contribution >= 0.6 is 0 Å². The van der Waals surface area contributed by atoms with Gasteiger partial charge in [0.15, 0.2) is 0 Å². The van der Waals surface area contributed by atoms with Crippen LogP contribution in [-0.4, -0.2) is 33.0 Å². The lowest BCUT2D eigenvalue weighted by atomic mass is 9.96. The van der Waals surface area contributed by atoms with Crippen LogP contribution in [0.5, 0.6) is 0 Å². The van der Waals surface area contributed by atoms with Gasteiger partial charge in [0.05, 0.1) is 12.2 Å². The summed E-state index contributed by atoms with van der Waals surface area (Å²) in [4.78, 5) is 25.7. The van der Waals surface area contributed by atoms with Crippen LogP contribution in [-0.2, 0) is 19.6 Å². The second-order valence-corrected chi connectivity index (χ2v) is 7.50. The summed E-state index contributed by atoms with van der Waals surface area (Å²) in [6.07, 6.45) is 1.54. The quantitative estimate of drug-likeness (QED) is 0.903. The maximum Gasteiger partial charge on any atom is 0.238 e. The van der Waals surface area contributed by atoms with E-state index in [9.17, 15) is 18.0 Å². The molecule has 6 nitrogen and oxygen atoms in total. The number of aryl methyl sites for hydroxylation is 2. The van der Waals surface area contributed by atoms with Crippen LogP contribution in [0.2, 0.25) is 0 Å². The van der Waals surface area contributed by atoms with Gasteiger partial charge in [-0.1, -0.05) is 6.07 Å². The molecule has 1 fully saturated rings. The highest BCUT2D eigenvalue weighted by Gasteiger charge is 2.32. The Morgan fingerprint density at radius 3 is 2.55 bits per heavy atom. The van der Waals surface area contributed by atoms with E-state index in [1.807, 2.05) is 36.8 Å². The van der Waals surface area contributed by atoms with E-state index >= 15 is 0 Å². The van der Waals surface area contributed by atoms with Crippen molar-refractivity contribution < 1.29 is 18.0 Å². The van der Waals surface area contributed by atoms with Crippen LogP contribution in [0.3, 0.4) is 0 Å². The number of nitrogens with zero attached hydrogens (tertiary/aromatic N) is 1. The third-order valence-corrected chi connectivity index (χ3v) is 4.44. The topological polar surface area (TPSA) is 83.6 Å². The van der Waals surface area contributed by atoms with Crippen molar-refractivity contribution in [1.82, 2.24) is 4.72 Å². The van der Waals surface area contributed by atoms with Gasteiger partial charge in [0.25, 0.3) is 0 Å². The van der Waals surface area contributed by atoms with E-state index in [4.69, 9.17) is 0 Å². The Kier molecular flexibility index (Phi) is 4.55. The molecule has 1 aliphatic heterocycles. The lowest BCUT2D eigenvalue weighted by Crippen LogP contribution is -2.46. The molecule has 0 aromatic heterocycles. The van der Waals surface area contributed by atoms with Gasteiger partial charge in [0.1, 0.15) is 0 Å². The first-order chi connectivity index (χ1) is 10.2. The molecule has 1 unspecified atom stereocenters. The molecule has 1 N–H and O–H groups in total. The van der Waals surface area contributed by atoms with Crippen LogP contribution in [0.1, 0.15) is 24.0 Å². The number of sulfonamides is 1. The van der Waals surface area contributed by atoms with Gasteiger partial charge in [-0.05, 0) is 43.5 Å². The largest absolute Gasteiger partial charge is 0.312 e. The first-order valence-electron chi connectivity index (χ1n) is 7.06. The van der Waals surface area contributed by atoms with E-state index in [-0.39, 0.29) is 18.9 Å². The second-order valence-electron chi connectivity index (χ2n) is 5.75. The van der Waals surface area contributed by atoms with Crippen molar-refractivity contribution in [2.45, 2.75) is 26.7 Å². The third-order valence-electron chi connectivity index (χ3n) is 3.87. The van der Waals surface area contributed by atoms with Gasteiger partial charge in [-0.25, -0.2) is 8.42 Å². The standard InChI is InChI=1S/C15H20N2O4S/c1-10-4-6-13(8-11(10)2)17-9-12(5-7-14(17)18)15(19)16-22(3,20)21/h4,6,8,12H,5,7,9H2,1-3H3,(H,16,19). The van der Waals surface area contributed by atoms with Gasteiger partial charge in [-0.15, -0.1) is 0 Å². The molecular formula is C15H20N2O4S. The Bertz CT molecular complexity index is 712. The summed E-state index contributed by atoms with van der Waals surface area (Å²) in [7, 11) is -3.58. The average Bonchev–Trinajstić information content (AvgIpc) is 2.40. The molecule has 1 atom stereocenters. The lowest BCUT2D eigenvalue weighted by molar-refractivity contribution is -0.126. The van der Waals surface area contributed by atoms with Crippen LogP contribution < -0.4 is 9.62 Å². The van der Waals surface area contributed by atoms with Gasteiger partial charge >= 0.3 is 0 Å². The number of carbonyl (C=O) groups is 2. The molecule has 120 valence electrons. The SMILES string of the molecule is Cc1ccc(N2CC(C(=O)NS(C)(=O)=O)CCC2=O)cc1C. The predicted octanol–water partition coefficient (Wildman–Crippen LogP) is 1.12. The van der Waals surface area contributed by atoms with E-state index < -0.39 is 21.8 Å². The number of benzene rings is 1. The number of anilines is 1. The molecule has 1 aliphatic rings. The van der Waals surface area contributed by atoms with E-state index in [1.165, 1.54) is 0 Å². The monoisotopic (exact) mass is 324 g/mol. The number of amides is 2. The maximum atomic E-state index is 12.1. The zero-order chi connectivity index (χ0) is 16.5. The Labute approximate surface area is 130 Å². The maximum absolute atomic E-state index is 12.1. The number of piperidine rings is 1. The highest BCUT2D eigenvalue weighted by atomic mass is 32.2. The summed E-state index contributed by atoms with van der Waals surface area (Å²) in [5, 5.41) is 0. The number of carbonyl (C=O) groups excluding carboxylic acids is 2. The average molecular weight is 324 g/mol. The molecule has 7 heteroatoms. The zero-order valence-electron chi connectivity index (χ0n) is 12.9. The molecule has 1 aromatic rings. The van der Waals surface area contributed by atoms with Crippen LogP contribution in [0, 0.1) is 19.8 Å². The molecule has 2 rings (SSSR count). The van der Waals surface area contributed by atoms with Crippen LogP contribution in [0.25, 0.3) is 0 Å². The summed E-state index contributed by atoms with van der Waals surface area (Å²) in [6, 6.07) is 5.68. The minimum Gasteiger partial charge on any atom is -0.312 e. The highest BCUT2D eigenvalue weighted by Crippen LogP contribution is 2.26. The predicted molar refractivity (Wildman–Crippen MR) is 84.0 cm³/mol. The highest BCUT2D eigenvalue weighted by molar-refractivity contribution is 7.89. The molecule has 22 heavy (non-hydrogen) atoms. The smallest absolute Gasteiger partial charge is 0.238 e. The van der Waals surface area contributed by atoms with Gasteiger partial charge in [0.2, 0.25) is 21.8 Å².